The third-order valence-corrected chi connectivity index (χ3v) is 2.04. The quantitative estimate of drug-likeness (QED) is 0.464. The highest BCUT2D eigenvalue weighted by atomic mass is 16.5. The fraction of sp³-hybridized carbons (Fsp3) is 0.800. The van der Waals surface area contributed by atoms with E-state index in [0.29, 0.717) is 12.8 Å². The van der Waals surface area contributed by atoms with Gasteiger partial charge in [-0.05, 0) is 12.8 Å². The average molecular weight is 186 g/mol. The number of carbonyl (C=O) groups is 2. The van der Waals surface area contributed by atoms with Crippen LogP contribution in [0.1, 0.15) is 39.5 Å². The first kappa shape index (κ1) is 12.1. The lowest BCUT2D eigenvalue weighted by Crippen LogP contribution is -2.27. The van der Waals surface area contributed by atoms with E-state index in [4.69, 9.17) is 0 Å². The van der Waals surface area contributed by atoms with Gasteiger partial charge in [-0.25, -0.2) is 0 Å². The Hall–Kier alpha value is -0.860. The molecule has 0 heterocycles. The van der Waals surface area contributed by atoms with Crippen molar-refractivity contribution in [3.63, 3.8) is 0 Å². The Labute approximate surface area is 79.5 Å². The summed E-state index contributed by atoms with van der Waals surface area (Å²) in [5.74, 6) is -0.786. The lowest BCUT2D eigenvalue weighted by molar-refractivity contribution is -0.150. The Balaban J connectivity index is 0.000000671. The molecule has 0 aromatic carbocycles. The fourth-order valence-electron chi connectivity index (χ4n) is 1.37. The maximum absolute atomic E-state index is 11.1. The molecule has 1 rings (SSSR count). The highest BCUT2D eigenvalue weighted by molar-refractivity contribution is 5.99. The summed E-state index contributed by atoms with van der Waals surface area (Å²) in [6, 6.07) is 0. The van der Waals surface area contributed by atoms with Gasteiger partial charge in [0.25, 0.3) is 0 Å². The SMILES string of the molecule is CC.COC(=O)C1CCCCC1=O. The summed E-state index contributed by atoms with van der Waals surface area (Å²) in [6.07, 6.45) is 3.10. The van der Waals surface area contributed by atoms with E-state index in [2.05, 4.69) is 4.74 Å². The van der Waals surface area contributed by atoms with Gasteiger partial charge in [0.15, 0.2) is 0 Å². The van der Waals surface area contributed by atoms with E-state index in [9.17, 15) is 9.59 Å². The van der Waals surface area contributed by atoms with Crippen molar-refractivity contribution in [1.82, 2.24) is 0 Å². The largest absolute Gasteiger partial charge is 0.468 e. The van der Waals surface area contributed by atoms with Crippen molar-refractivity contribution in [3.8, 4) is 0 Å². The first-order valence-corrected chi connectivity index (χ1v) is 4.86. The van der Waals surface area contributed by atoms with Gasteiger partial charge in [-0.3, -0.25) is 9.59 Å². The van der Waals surface area contributed by atoms with E-state index in [1.54, 1.807) is 0 Å². The highest BCUT2D eigenvalue weighted by Crippen LogP contribution is 2.21. The third-order valence-electron chi connectivity index (χ3n) is 2.04. The molecule has 3 heteroatoms. The number of carbonyl (C=O) groups excluding carboxylic acids is 2. The number of esters is 1. The molecule has 1 aliphatic carbocycles. The summed E-state index contributed by atoms with van der Waals surface area (Å²) in [6.45, 7) is 4.00. The van der Waals surface area contributed by atoms with Gasteiger partial charge in [-0.15, -0.1) is 0 Å². The zero-order valence-corrected chi connectivity index (χ0v) is 8.63. The number of methoxy groups -OCH3 is 1. The molecule has 0 aliphatic heterocycles. The smallest absolute Gasteiger partial charge is 0.316 e. The molecule has 1 aliphatic rings. The molecule has 1 saturated carbocycles. The minimum atomic E-state index is -0.464. The Bertz CT molecular complexity index is 167. The summed E-state index contributed by atoms with van der Waals surface area (Å²) in [4.78, 5) is 22.0. The monoisotopic (exact) mass is 186 g/mol. The Morgan fingerprint density at radius 3 is 2.46 bits per heavy atom. The van der Waals surface area contributed by atoms with Crippen molar-refractivity contribution in [2.75, 3.05) is 7.11 Å². The van der Waals surface area contributed by atoms with E-state index in [-0.39, 0.29) is 11.8 Å². The molecule has 13 heavy (non-hydrogen) atoms. The van der Waals surface area contributed by atoms with Gasteiger partial charge < -0.3 is 4.74 Å². The Kier molecular flexibility index (Phi) is 6.20. The molecule has 0 amide bonds. The van der Waals surface area contributed by atoms with Crippen LogP contribution < -0.4 is 0 Å². The van der Waals surface area contributed by atoms with Crippen molar-refractivity contribution < 1.29 is 14.3 Å². The van der Waals surface area contributed by atoms with Crippen LogP contribution in [-0.2, 0) is 14.3 Å². The fourth-order valence-corrected chi connectivity index (χ4v) is 1.37. The summed E-state index contributed by atoms with van der Waals surface area (Å²) < 4.78 is 4.50. The number of Topliss-reactive ketones (excluding diaryl/α,β-unsaturated/α-hetero) is 1. The van der Waals surface area contributed by atoms with Gasteiger partial charge >= 0.3 is 5.97 Å². The van der Waals surface area contributed by atoms with E-state index in [1.165, 1.54) is 7.11 Å². The number of hydrogen-bond donors (Lipinski definition) is 0. The summed E-state index contributed by atoms with van der Waals surface area (Å²) in [7, 11) is 1.32. The second kappa shape index (κ2) is 6.63. The van der Waals surface area contributed by atoms with E-state index >= 15 is 0 Å². The van der Waals surface area contributed by atoms with Crippen molar-refractivity contribution in [3.05, 3.63) is 0 Å². The molecule has 1 fully saturated rings. The highest BCUT2D eigenvalue weighted by Gasteiger charge is 2.29. The van der Waals surface area contributed by atoms with E-state index in [0.717, 1.165) is 12.8 Å². The average Bonchev–Trinajstić information content (AvgIpc) is 2.20. The van der Waals surface area contributed by atoms with Crippen LogP contribution in [0.15, 0.2) is 0 Å². The molecular weight excluding hydrogens is 168 g/mol. The van der Waals surface area contributed by atoms with Crippen LogP contribution in [0.4, 0.5) is 0 Å². The molecule has 1 atom stereocenters. The zero-order chi connectivity index (χ0) is 10.3. The molecule has 0 saturated heterocycles. The Morgan fingerprint density at radius 1 is 1.38 bits per heavy atom. The maximum Gasteiger partial charge on any atom is 0.316 e. The Morgan fingerprint density at radius 2 is 2.00 bits per heavy atom. The van der Waals surface area contributed by atoms with Gasteiger partial charge in [-0.2, -0.15) is 0 Å². The lowest BCUT2D eigenvalue weighted by atomic mass is 9.88. The molecular formula is C10H18O3. The minimum absolute atomic E-state index is 0.0445. The van der Waals surface area contributed by atoms with Crippen LogP contribution in [0, 0.1) is 5.92 Å². The molecule has 3 nitrogen and oxygen atoms in total. The topological polar surface area (TPSA) is 43.4 Å². The standard InChI is InChI=1S/C8H12O3.C2H6/c1-11-8(10)6-4-2-3-5-7(6)9;1-2/h6H,2-5H2,1H3;1-2H3. The third kappa shape index (κ3) is 3.57. The number of ketones is 1. The predicted octanol–water partition coefficient (Wildman–Crippen LogP) is 1.94. The summed E-state index contributed by atoms with van der Waals surface area (Å²) in [5, 5.41) is 0. The molecule has 0 N–H and O–H groups in total. The van der Waals surface area contributed by atoms with Gasteiger partial charge in [0.05, 0.1) is 7.11 Å². The van der Waals surface area contributed by atoms with Crippen molar-refractivity contribution >= 4 is 11.8 Å². The van der Waals surface area contributed by atoms with Crippen LogP contribution in [0.3, 0.4) is 0 Å². The molecule has 0 radical (unpaired) electrons. The van der Waals surface area contributed by atoms with Crippen molar-refractivity contribution in [2.45, 2.75) is 39.5 Å². The van der Waals surface area contributed by atoms with Crippen molar-refractivity contribution in [2.24, 2.45) is 5.92 Å². The molecule has 0 aromatic heterocycles. The first-order valence-electron chi connectivity index (χ1n) is 4.86. The van der Waals surface area contributed by atoms with Crippen LogP contribution in [0.2, 0.25) is 0 Å². The van der Waals surface area contributed by atoms with E-state index < -0.39 is 5.92 Å². The minimum Gasteiger partial charge on any atom is -0.468 e. The van der Waals surface area contributed by atoms with Gasteiger partial charge in [0.2, 0.25) is 0 Å². The predicted molar refractivity (Wildman–Crippen MR) is 50.3 cm³/mol. The van der Waals surface area contributed by atoms with Crippen LogP contribution >= 0.6 is 0 Å². The summed E-state index contributed by atoms with van der Waals surface area (Å²) in [5.41, 5.74) is 0. The van der Waals surface area contributed by atoms with Crippen molar-refractivity contribution in [1.29, 1.82) is 0 Å². The van der Waals surface area contributed by atoms with Crippen LogP contribution in [0.5, 0.6) is 0 Å². The maximum atomic E-state index is 11.1. The lowest BCUT2D eigenvalue weighted by Gasteiger charge is -2.17. The number of rotatable bonds is 1. The molecule has 0 spiro atoms. The normalized spacial score (nSPS) is 21.5. The molecule has 0 aromatic rings. The van der Waals surface area contributed by atoms with Crippen LogP contribution in [-0.4, -0.2) is 18.9 Å². The molecule has 76 valence electrons. The second-order valence-electron chi connectivity index (χ2n) is 2.79. The van der Waals surface area contributed by atoms with Gasteiger partial charge in [0, 0.05) is 6.42 Å². The zero-order valence-electron chi connectivity index (χ0n) is 8.63. The molecule has 1 unspecified atom stereocenters. The molecule has 0 bridgehead atoms. The summed E-state index contributed by atoms with van der Waals surface area (Å²) >= 11 is 0. The van der Waals surface area contributed by atoms with Crippen LogP contribution in [0.25, 0.3) is 0 Å². The van der Waals surface area contributed by atoms with Gasteiger partial charge in [0.1, 0.15) is 11.7 Å². The number of hydrogen-bond acceptors (Lipinski definition) is 3. The number of ether oxygens (including phenoxy) is 1. The van der Waals surface area contributed by atoms with E-state index in [1.807, 2.05) is 13.8 Å². The second-order valence-corrected chi connectivity index (χ2v) is 2.79. The van der Waals surface area contributed by atoms with Gasteiger partial charge in [-0.1, -0.05) is 20.3 Å². The first-order chi connectivity index (χ1) is 6.25.